The van der Waals surface area contributed by atoms with Crippen molar-refractivity contribution in [3.8, 4) is 0 Å². The minimum atomic E-state index is 0.511. The van der Waals surface area contributed by atoms with Crippen molar-refractivity contribution in [2.75, 3.05) is 0 Å². The Labute approximate surface area is 126 Å². The van der Waals surface area contributed by atoms with Gasteiger partial charge in [-0.1, -0.05) is 56.3 Å². The van der Waals surface area contributed by atoms with Gasteiger partial charge in [0, 0.05) is 30.8 Å². The lowest BCUT2D eigenvalue weighted by molar-refractivity contribution is 0.589. The van der Waals surface area contributed by atoms with Crippen LogP contribution < -0.4 is 5.32 Å². The van der Waals surface area contributed by atoms with Crippen LogP contribution in [-0.4, -0.2) is 10.6 Å². The first-order valence-corrected chi connectivity index (χ1v) is 7.57. The summed E-state index contributed by atoms with van der Waals surface area (Å²) in [6.07, 6.45) is 2.18. The second kappa shape index (κ2) is 6.15. The smallest absolute Gasteiger partial charge is 0.0486 e. The average Bonchev–Trinajstić information content (AvgIpc) is 2.89. The number of nitrogens with zero attached hydrogens (tertiary/aromatic N) is 1. The molecule has 0 unspecified atom stereocenters. The Kier molecular flexibility index (Phi) is 4.07. The molecule has 0 saturated carbocycles. The van der Waals surface area contributed by atoms with Crippen molar-refractivity contribution >= 4 is 10.9 Å². The fourth-order valence-corrected chi connectivity index (χ4v) is 2.58. The third kappa shape index (κ3) is 3.34. The number of fused-ring (bicyclic) bond motifs is 1. The molecule has 0 fully saturated rings. The first-order valence-electron chi connectivity index (χ1n) is 7.57. The zero-order valence-corrected chi connectivity index (χ0v) is 12.7. The van der Waals surface area contributed by atoms with E-state index in [1.54, 1.807) is 0 Å². The maximum atomic E-state index is 3.48. The summed E-state index contributed by atoms with van der Waals surface area (Å²) in [4.78, 5) is 0. The molecular weight excluding hydrogens is 256 g/mol. The molecule has 0 aliphatic heterocycles. The maximum absolute atomic E-state index is 3.48. The van der Waals surface area contributed by atoms with E-state index in [0.717, 1.165) is 13.1 Å². The molecule has 0 aliphatic rings. The van der Waals surface area contributed by atoms with E-state index in [0.29, 0.717) is 6.04 Å². The highest BCUT2D eigenvalue weighted by Crippen LogP contribution is 2.19. The summed E-state index contributed by atoms with van der Waals surface area (Å²) in [5.74, 6) is 0. The molecule has 3 aromatic rings. The molecule has 2 aromatic carbocycles. The maximum Gasteiger partial charge on any atom is 0.0486 e. The summed E-state index contributed by atoms with van der Waals surface area (Å²) in [6.45, 7) is 6.20. The van der Waals surface area contributed by atoms with Gasteiger partial charge >= 0.3 is 0 Å². The summed E-state index contributed by atoms with van der Waals surface area (Å²) in [6, 6.07) is 20.0. The standard InChI is InChI=1S/C19H22N2/c1-15(2)20-13-17-8-9-18-10-11-21(19(18)12-17)14-16-6-4-3-5-7-16/h3-12,15,20H,13-14H2,1-2H3. The van der Waals surface area contributed by atoms with Gasteiger partial charge in [-0.2, -0.15) is 0 Å². The number of aromatic nitrogens is 1. The number of nitrogens with one attached hydrogen (secondary N) is 1. The highest BCUT2D eigenvalue weighted by molar-refractivity contribution is 5.81. The van der Waals surface area contributed by atoms with E-state index in [2.05, 4.69) is 84.5 Å². The Hall–Kier alpha value is -2.06. The van der Waals surface area contributed by atoms with Gasteiger partial charge in [0.25, 0.3) is 0 Å². The molecule has 2 nitrogen and oxygen atoms in total. The van der Waals surface area contributed by atoms with Crippen LogP contribution in [0.1, 0.15) is 25.0 Å². The summed E-state index contributed by atoms with van der Waals surface area (Å²) in [5, 5.41) is 4.78. The predicted molar refractivity (Wildman–Crippen MR) is 89.5 cm³/mol. The number of benzene rings is 2. The second-order valence-electron chi connectivity index (χ2n) is 5.86. The van der Waals surface area contributed by atoms with Crippen LogP contribution in [0, 0.1) is 0 Å². The van der Waals surface area contributed by atoms with Crippen molar-refractivity contribution in [3.63, 3.8) is 0 Å². The lowest BCUT2D eigenvalue weighted by Crippen LogP contribution is -2.21. The third-order valence-corrected chi connectivity index (χ3v) is 3.75. The molecule has 1 N–H and O–H groups in total. The lowest BCUT2D eigenvalue weighted by Gasteiger charge is -2.10. The van der Waals surface area contributed by atoms with Gasteiger partial charge in [0.2, 0.25) is 0 Å². The fourth-order valence-electron chi connectivity index (χ4n) is 2.58. The van der Waals surface area contributed by atoms with Gasteiger partial charge in [0.1, 0.15) is 0 Å². The van der Waals surface area contributed by atoms with Gasteiger partial charge in [0.05, 0.1) is 0 Å². The van der Waals surface area contributed by atoms with Gasteiger partial charge < -0.3 is 9.88 Å². The molecule has 0 saturated heterocycles. The molecule has 3 rings (SSSR count). The van der Waals surface area contributed by atoms with Crippen molar-refractivity contribution in [1.82, 2.24) is 9.88 Å². The molecule has 0 aliphatic carbocycles. The number of hydrogen-bond donors (Lipinski definition) is 1. The highest BCUT2D eigenvalue weighted by atomic mass is 15.0. The van der Waals surface area contributed by atoms with Crippen LogP contribution in [0.25, 0.3) is 10.9 Å². The molecule has 0 atom stereocenters. The number of hydrogen-bond acceptors (Lipinski definition) is 1. The zero-order valence-electron chi connectivity index (χ0n) is 12.7. The molecule has 0 radical (unpaired) electrons. The van der Waals surface area contributed by atoms with Crippen molar-refractivity contribution in [2.45, 2.75) is 33.0 Å². The molecule has 0 bridgehead atoms. The second-order valence-corrected chi connectivity index (χ2v) is 5.86. The molecule has 1 heterocycles. The van der Waals surface area contributed by atoms with E-state index in [1.165, 1.54) is 22.0 Å². The Morgan fingerprint density at radius 2 is 1.76 bits per heavy atom. The largest absolute Gasteiger partial charge is 0.343 e. The Bertz CT molecular complexity index is 711. The first-order chi connectivity index (χ1) is 10.2. The Balaban J connectivity index is 1.87. The first kappa shape index (κ1) is 13.9. The highest BCUT2D eigenvalue weighted by Gasteiger charge is 2.04. The van der Waals surface area contributed by atoms with Crippen LogP contribution in [-0.2, 0) is 13.1 Å². The van der Waals surface area contributed by atoms with Crippen molar-refractivity contribution in [1.29, 1.82) is 0 Å². The molecule has 2 heteroatoms. The third-order valence-electron chi connectivity index (χ3n) is 3.75. The SMILES string of the molecule is CC(C)NCc1ccc2ccn(Cc3ccccc3)c2c1. The van der Waals surface area contributed by atoms with Crippen LogP contribution in [0.15, 0.2) is 60.8 Å². The van der Waals surface area contributed by atoms with E-state index >= 15 is 0 Å². The minimum absolute atomic E-state index is 0.511. The molecule has 0 spiro atoms. The summed E-state index contributed by atoms with van der Waals surface area (Å²) >= 11 is 0. The van der Waals surface area contributed by atoms with Crippen LogP contribution in [0.4, 0.5) is 0 Å². The topological polar surface area (TPSA) is 17.0 Å². The molecule has 108 valence electrons. The van der Waals surface area contributed by atoms with Crippen LogP contribution in [0.3, 0.4) is 0 Å². The minimum Gasteiger partial charge on any atom is -0.343 e. The molecule has 0 amide bonds. The van der Waals surface area contributed by atoms with Crippen LogP contribution in [0.5, 0.6) is 0 Å². The van der Waals surface area contributed by atoms with E-state index in [9.17, 15) is 0 Å². The van der Waals surface area contributed by atoms with E-state index in [4.69, 9.17) is 0 Å². The summed E-state index contributed by atoms with van der Waals surface area (Å²) in [5.41, 5.74) is 3.98. The van der Waals surface area contributed by atoms with Gasteiger partial charge in [-0.15, -0.1) is 0 Å². The van der Waals surface area contributed by atoms with Gasteiger partial charge in [-0.05, 0) is 28.6 Å². The van der Waals surface area contributed by atoms with Gasteiger partial charge in [0.15, 0.2) is 0 Å². The lowest BCUT2D eigenvalue weighted by atomic mass is 10.1. The van der Waals surface area contributed by atoms with Crippen molar-refractivity contribution < 1.29 is 0 Å². The normalized spacial score (nSPS) is 11.4. The molecular formula is C19H22N2. The summed E-state index contributed by atoms with van der Waals surface area (Å²) in [7, 11) is 0. The van der Waals surface area contributed by atoms with E-state index in [1.807, 2.05) is 0 Å². The zero-order chi connectivity index (χ0) is 14.7. The molecule has 1 aromatic heterocycles. The van der Waals surface area contributed by atoms with E-state index in [-0.39, 0.29) is 0 Å². The van der Waals surface area contributed by atoms with Crippen LogP contribution >= 0.6 is 0 Å². The quantitative estimate of drug-likeness (QED) is 0.740. The van der Waals surface area contributed by atoms with Gasteiger partial charge in [-0.3, -0.25) is 0 Å². The molecule has 21 heavy (non-hydrogen) atoms. The number of rotatable bonds is 5. The van der Waals surface area contributed by atoms with Crippen molar-refractivity contribution in [2.24, 2.45) is 0 Å². The van der Waals surface area contributed by atoms with Crippen LogP contribution in [0.2, 0.25) is 0 Å². The fraction of sp³-hybridized carbons (Fsp3) is 0.263. The monoisotopic (exact) mass is 278 g/mol. The van der Waals surface area contributed by atoms with Gasteiger partial charge in [-0.25, -0.2) is 0 Å². The average molecular weight is 278 g/mol. The van der Waals surface area contributed by atoms with E-state index < -0.39 is 0 Å². The Morgan fingerprint density at radius 3 is 2.52 bits per heavy atom. The predicted octanol–water partition coefficient (Wildman–Crippen LogP) is 4.19. The summed E-state index contributed by atoms with van der Waals surface area (Å²) < 4.78 is 2.32. The van der Waals surface area contributed by atoms with Crippen molar-refractivity contribution in [3.05, 3.63) is 71.9 Å². The Morgan fingerprint density at radius 1 is 0.952 bits per heavy atom.